The van der Waals surface area contributed by atoms with E-state index < -0.39 is 5.97 Å². The first-order valence-corrected chi connectivity index (χ1v) is 6.39. The molecular formula is C13H20N4O2. The Kier molecular flexibility index (Phi) is 3.90. The summed E-state index contributed by atoms with van der Waals surface area (Å²) < 4.78 is 0. The molecule has 1 aliphatic heterocycles. The van der Waals surface area contributed by atoms with Crippen molar-refractivity contribution in [2.24, 2.45) is 0 Å². The zero-order valence-electron chi connectivity index (χ0n) is 11.3. The molecule has 1 aromatic heterocycles. The van der Waals surface area contributed by atoms with Crippen molar-refractivity contribution in [1.29, 1.82) is 0 Å². The van der Waals surface area contributed by atoms with Gasteiger partial charge in [0.1, 0.15) is 0 Å². The minimum absolute atomic E-state index is 0.127. The molecule has 6 heteroatoms. The summed E-state index contributed by atoms with van der Waals surface area (Å²) in [6, 6.07) is 1.96. The van der Waals surface area contributed by atoms with E-state index >= 15 is 0 Å². The molecule has 1 atom stereocenters. The molecule has 0 amide bonds. The molecule has 1 aliphatic rings. The van der Waals surface area contributed by atoms with Gasteiger partial charge in [-0.15, -0.1) is 0 Å². The standard InChI is InChI=1S/C13H20N4O2/c1-16(2)10-4-3-5-17(8-10)12-11(14)6-9(7-15-12)13(18)19/h6-7,10H,3-5,8,14H2,1-2H3,(H,18,19). The van der Waals surface area contributed by atoms with Gasteiger partial charge in [0.2, 0.25) is 0 Å². The van der Waals surface area contributed by atoms with Crippen LogP contribution in [0.5, 0.6) is 0 Å². The van der Waals surface area contributed by atoms with Crippen molar-refractivity contribution >= 4 is 17.5 Å². The quantitative estimate of drug-likeness (QED) is 0.843. The maximum atomic E-state index is 10.9. The maximum absolute atomic E-state index is 10.9. The lowest BCUT2D eigenvalue weighted by atomic mass is 10.0. The van der Waals surface area contributed by atoms with E-state index in [1.165, 1.54) is 12.3 Å². The number of rotatable bonds is 3. The molecule has 0 spiro atoms. The van der Waals surface area contributed by atoms with Gasteiger partial charge in [-0.3, -0.25) is 0 Å². The van der Waals surface area contributed by atoms with Gasteiger partial charge in [0, 0.05) is 25.3 Å². The maximum Gasteiger partial charge on any atom is 0.337 e. The number of anilines is 2. The number of hydrogen-bond acceptors (Lipinski definition) is 5. The molecule has 1 saturated heterocycles. The van der Waals surface area contributed by atoms with E-state index in [4.69, 9.17) is 10.8 Å². The van der Waals surface area contributed by atoms with Crippen molar-refractivity contribution in [2.75, 3.05) is 37.8 Å². The number of carboxylic acids is 1. The Morgan fingerprint density at radius 2 is 2.32 bits per heavy atom. The lowest BCUT2D eigenvalue weighted by Gasteiger charge is -2.37. The number of aromatic nitrogens is 1. The number of aromatic carboxylic acids is 1. The highest BCUT2D eigenvalue weighted by molar-refractivity contribution is 5.89. The van der Waals surface area contributed by atoms with E-state index in [0.29, 0.717) is 17.5 Å². The first-order valence-electron chi connectivity index (χ1n) is 6.39. The van der Waals surface area contributed by atoms with Gasteiger partial charge in [0.25, 0.3) is 0 Å². The van der Waals surface area contributed by atoms with Crippen LogP contribution in [-0.4, -0.2) is 54.2 Å². The zero-order valence-corrected chi connectivity index (χ0v) is 11.3. The van der Waals surface area contributed by atoms with Crippen LogP contribution in [0.3, 0.4) is 0 Å². The van der Waals surface area contributed by atoms with Crippen LogP contribution >= 0.6 is 0 Å². The van der Waals surface area contributed by atoms with Crippen LogP contribution in [0.2, 0.25) is 0 Å². The summed E-state index contributed by atoms with van der Waals surface area (Å²) in [5.41, 5.74) is 6.49. The van der Waals surface area contributed by atoms with Crippen molar-refractivity contribution in [3.63, 3.8) is 0 Å². The molecule has 0 aliphatic carbocycles. The van der Waals surface area contributed by atoms with Crippen molar-refractivity contribution in [3.05, 3.63) is 17.8 Å². The van der Waals surface area contributed by atoms with Crippen LogP contribution < -0.4 is 10.6 Å². The molecule has 2 heterocycles. The Balaban J connectivity index is 2.19. The summed E-state index contributed by atoms with van der Waals surface area (Å²) in [5, 5.41) is 8.91. The number of likely N-dealkylation sites (N-methyl/N-ethyl adjacent to an activating group) is 1. The molecule has 1 aromatic rings. The third-order valence-corrected chi connectivity index (χ3v) is 3.57. The van der Waals surface area contributed by atoms with Crippen LogP contribution in [0.4, 0.5) is 11.5 Å². The van der Waals surface area contributed by atoms with Gasteiger partial charge in [0.15, 0.2) is 5.82 Å². The van der Waals surface area contributed by atoms with Crippen LogP contribution in [0.25, 0.3) is 0 Å². The molecule has 1 fully saturated rings. The highest BCUT2D eigenvalue weighted by atomic mass is 16.4. The normalized spacial score (nSPS) is 19.7. The molecular weight excluding hydrogens is 244 g/mol. The smallest absolute Gasteiger partial charge is 0.337 e. The summed E-state index contributed by atoms with van der Waals surface area (Å²) in [5.74, 6) is -0.313. The van der Waals surface area contributed by atoms with E-state index in [-0.39, 0.29) is 5.56 Å². The van der Waals surface area contributed by atoms with Crippen LogP contribution in [-0.2, 0) is 0 Å². The summed E-state index contributed by atoms with van der Waals surface area (Å²) in [6.07, 6.45) is 3.62. The Morgan fingerprint density at radius 3 is 2.89 bits per heavy atom. The third-order valence-electron chi connectivity index (χ3n) is 3.57. The van der Waals surface area contributed by atoms with Crippen molar-refractivity contribution in [2.45, 2.75) is 18.9 Å². The molecule has 0 bridgehead atoms. The van der Waals surface area contributed by atoms with Crippen molar-refractivity contribution in [3.8, 4) is 0 Å². The predicted molar refractivity (Wildman–Crippen MR) is 74.5 cm³/mol. The summed E-state index contributed by atoms with van der Waals surface area (Å²) in [4.78, 5) is 19.4. The Morgan fingerprint density at radius 1 is 1.58 bits per heavy atom. The molecule has 1 unspecified atom stereocenters. The summed E-state index contributed by atoms with van der Waals surface area (Å²) in [7, 11) is 4.14. The lowest BCUT2D eigenvalue weighted by molar-refractivity contribution is 0.0696. The minimum atomic E-state index is -1.00. The highest BCUT2D eigenvalue weighted by Crippen LogP contribution is 2.25. The molecule has 19 heavy (non-hydrogen) atoms. The predicted octanol–water partition coefficient (Wildman–Crippen LogP) is 0.892. The van der Waals surface area contributed by atoms with Gasteiger partial charge in [-0.25, -0.2) is 9.78 Å². The second kappa shape index (κ2) is 5.44. The number of nitrogens with two attached hydrogens (primary N) is 1. The van der Waals surface area contributed by atoms with Gasteiger partial charge in [0.05, 0.1) is 11.3 Å². The van der Waals surface area contributed by atoms with Gasteiger partial charge in [-0.2, -0.15) is 0 Å². The molecule has 0 radical (unpaired) electrons. The monoisotopic (exact) mass is 264 g/mol. The van der Waals surface area contributed by atoms with Gasteiger partial charge < -0.3 is 20.6 Å². The first kappa shape index (κ1) is 13.6. The molecule has 2 rings (SSSR count). The number of pyridine rings is 1. The fraction of sp³-hybridized carbons (Fsp3) is 0.538. The van der Waals surface area contributed by atoms with Gasteiger partial charge in [-0.05, 0) is 33.0 Å². The molecule has 6 nitrogen and oxygen atoms in total. The average Bonchev–Trinajstić information content (AvgIpc) is 2.38. The number of hydrogen-bond donors (Lipinski definition) is 2. The lowest BCUT2D eigenvalue weighted by Crippen LogP contribution is -2.45. The van der Waals surface area contributed by atoms with E-state index in [0.717, 1.165) is 25.9 Å². The minimum Gasteiger partial charge on any atom is -0.478 e. The largest absolute Gasteiger partial charge is 0.478 e. The number of nitrogens with zero attached hydrogens (tertiary/aromatic N) is 3. The van der Waals surface area contributed by atoms with Crippen molar-refractivity contribution in [1.82, 2.24) is 9.88 Å². The van der Waals surface area contributed by atoms with E-state index in [9.17, 15) is 4.79 Å². The van der Waals surface area contributed by atoms with Crippen molar-refractivity contribution < 1.29 is 9.90 Å². The number of piperidine rings is 1. The topological polar surface area (TPSA) is 82.7 Å². The summed E-state index contributed by atoms with van der Waals surface area (Å²) in [6.45, 7) is 1.78. The van der Waals surface area contributed by atoms with E-state index in [1.54, 1.807) is 0 Å². The Labute approximate surface area is 112 Å². The number of carbonyl (C=O) groups is 1. The number of carboxylic acid groups (broad SMARTS) is 1. The highest BCUT2D eigenvalue weighted by Gasteiger charge is 2.23. The Hall–Kier alpha value is -1.82. The fourth-order valence-electron chi connectivity index (χ4n) is 2.42. The molecule has 0 saturated carbocycles. The molecule has 0 aromatic carbocycles. The summed E-state index contributed by atoms with van der Waals surface area (Å²) >= 11 is 0. The van der Waals surface area contributed by atoms with Gasteiger partial charge in [-0.1, -0.05) is 0 Å². The van der Waals surface area contributed by atoms with E-state index in [2.05, 4.69) is 28.9 Å². The molecule has 3 N–H and O–H groups in total. The second-order valence-corrected chi connectivity index (χ2v) is 5.15. The number of nitrogen functional groups attached to an aromatic ring is 1. The first-order chi connectivity index (χ1) is 8.99. The van der Waals surface area contributed by atoms with Gasteiger partial charge >= 0.3 is 5.97 Å². The van der Waals surface area contributed by atoms with Crippen LogP contribution in [0, 0.1) is 0 Å². The zero-order chi connectivity index (χ0) is 14.0. The van der Waals surface area contributed by atoms with Crippen LogP contribution in [0.1, 0.15) is 23.2 Å². The van der Waals surface area contributed by atoms with Crippen LogP contribution in [0.15, 0.2) is 12.3 Å². The SMILES string of the molecule is CN(C)C1CCCN(c2ncc(C(=O)O)cc2N)C1. The average molecular weight is 264 g/mol. The third kappa shape index (κ3) is 2.96. The fourth-order valence-corrected chi connectivity index (χ4v) is 2.42. The van der Waals surface area contributed by atoms with E-state index in [1.807, 2.05) is 0 Å². The second-order valence-electron chi connectivity index (χ2n) is 5.15. The molecule has 104 valence electrons. The Bertz CT molecular complexity index is 476.